The minimum absolute atomic E-state index is 0.424. The number of aliphatic carboxylic acids is 1. The maximum Gasteiger partial charge on any atom is 0.332 e. The number of hydrogen-bond acceptors (Lipinski definition) is 3. The fourth-order valence-corrected chi connectivity index (χ4v) is 2.12. The molecule has 0 aliphatic heterocycles. The number of hydrogen-bond donors (Lipinski definition) is 1. The number of benzene rings is 1. The normalized spacial score (nSPS) is 12.2. The van der Waals surface area contributed by atoms with Gasteiger partial charge < -0.3 is 14.7 Å². The summed E-state index contributed by atoms with van der Waals surface area (Å²) in [6.07, 6.45) is -0.228. The Hall–Kier alpha value is -1.55. The van der Waals surface area contributed by atoms with E-state index in [9.17, 15) is 4.79 Å². The highest BCUT2D eigenvalue weighted by molar-refractivity contribution is 5.72. The number of carboxylic acid groups (broad SMARTS) is 1. The Labute approximate surface area is 115 Å². The molecule has 0 heterocycles. The van der Waals surface area contributed by atoms with E-state index < -0.39 is 12.1 Å². The number of anilines is 1. The van der Waals surface area contributed by atoms with Gasteiger partial charge in [-0.1, -0.05) is 18.2 Å². The molecule has 0 amide bonds. The van der Waals surface area contributed by atoms with Gasteiger partial charge in [-0.3, -0.25) is 0 Å². The second-order valence-electron chi connectivity index (χ2n) is 4.44. The van der Waals surface area contributed by atoms with E-state index in [0.717, 1.165) is 12.2 Å². The van der Waals surface area contributed by atoms with Crippen molar-refractivity contribution in [1.82, 2.24) is 0 Å². The van der Waals surface area contributed by atoms with Crippen molar-refractivity contribution in [2.24, 2.45) is 0 Å². The molecule has 4 heteroatoms. The fraction of sp³-hybridized carbons (Fsp3) is 0.533. The zero-order chi connectivity index (χ0) is 14.3. The van der Waals surface area contributed by atoms with Gasteiger partial charge >= 0.3 is 5.97 Å². The molecule has 4 nitrogen and oxygen atoms in total. The maximum atomic E-state index is 11.1. The predicted molar refractivity (Wildman–Crippen MR) is 76.7 cm³/mol. The molecule has 1 aromatic carbocycles. The van der Waals surface area contributed by atoms with Crippen LogP contribution >= 0.6 is 0 Å². The summed E-state index contributed by atoms with van der Waals surface area (Å²) in [5, 5.41) is 9.07. The van der Waals surface area contributed by atoms with Crippen LogP contribution in [-0.4, -0.2) is 36.9 Å². The van der Waals surface area contributed by atoms with Crippen LogP contribution in [0.2, 0.25) is 0 Å². The molecule has 1 atom stereocenters. The fourth-order valence-electron chi connectivity index (χ4n) is 2.12. The van der Waals surface area contributed by atoms with E-state index in [1.807, 2.05) is 19.1 Å². The quantitative estimate of drug-likeness (QED) is 0.785. The molecule has 1 N–H and O–H groups in total. The summed E-state index contributed by atoms with van der Waals surface area (Å²) < 4.78 is 5.24. The summed E-state index contributed by atoms with van der Waals surface area (Å²) >= 11 is 0. The SMILES string of the molecule is CCOC(CCN(CC)c1ccccc1C)C(=O)O. The van der Waals surface area contributed by atoms with Crippen LogP contribution in [0.4, 0.5) is 5.69 Å². The summed E-state index contributed by atoms with van der Waals surface area (Å²) in [6.45, 7) is 7.90. The maximum absolute atomic E-state index is 11.1. The van der Waals surface area contributed by atoms with Crippen LogP contribution < -0.4 is 4.90 Å². The minimum atomic E-state index is -0.886. The third kappa shape index (κ3) is 4.56. The van der Waals surface area contributed by atoms with Crippen molar-refractivity contribution >= 4 is 11.7 Å². The predicted octanol–water partition coefficient (Wildman–Crippen LogP) is 2.70. The van der Waals surface area contributed by atoms with Crippen molar-refractivity contribution in [2.45, 2.75) is 33.3 Å². The molecule has 1 rings (SSSR count). The molecule has 0 bridgehead atoms. The van der Waals surface area contributed by atoms with Crippen LogP contribution in [-0.2, 0) is 9.53 Å². The van der Waals surface area contributed by atoms with E-state index in [4.69, 9.17) is 9.84 Å². The third-order valence-corrected chi connectivity index (χ3v) is 3.14. The molecule has 1 aromatic rings. The molecule has 0 aliphatic carbocycles. The minimum Gasteiger partial charge on any atom is -0.479 e. The Morgan fingerprint density at radius 1 is 1.37 bits per heavy atom. The molecular formula is C15H23NO3. The van der Waals surface area contributed by atoms with E-state index in [-0.39, 0.29) is 0 Å². The molecule has 19 heavy (non-hydrogen) atoms. The molecule has 0 saturated heterocycles. The van der Waals surface area contributed by atoms with E-state index >= 15 is 0 Å². The Bertz CT molecular complexity index is 406. The third-order valence-electron chi connectivity index (χ3n) is 3.14. The molecule has 1 unspecified atom stereocenters. The highest BCUT2D eigenvalue weighted by Gasteiger charge is 2.18. The molecule has 0 saturated carbocycles. The molecule has 0 aliphatic rings. The summed E-state index contributed by atoms with van der Waals surface area (Å²) in [6, 6.07) is 8.14. The highest BCUT2D eigenvalue weighted by Crippen LogP contribution is 2.19. The lowest BCUT2D eigenvalue weighted by Gasteiger charge is -2.26. The number of para-hydroxylation sites is 1. The first kappa shape index (κ1) is 15.5. The average Bonchev–Trinajstić information content (AvgIpc) is 2.39. The Kier molecular flexibility index (Phi) is 6.36. The van der Waals surface area contributed by atoms with Gasteiger partial charge in [-0.25, -0.2) is 4.79 Å². The standard InChI is InChI=1S/C15H23NO3/c1-4-16(13-9-7-6-8-12(13)3)11-10-14(15(17)18)19-5-2/h6-9,14H,4-5,10-11H2,1-3H3,(H,17,18). The summed E-state index contributed by atoms with van der Waals surface area (Å²) in [7, 11) is 0. The Morgan fingerprint density at radius 3 is 2.58 bits per heavy atom. The first-order valence-electron chi connectivity index (χ1n) is 6.75. The van der Waals surface area contributed by atoms with Crippen molar-refractivity contribution in [3.8, 4) is 0 Å². The van der Waals surface area contributed by atoms with Gasteiger partial charge in [0.2, 0.25) is 0 Å². The second-order valence-corrected chi connectivity index (χ2v) is 4.44. The summed E-state index contributed by atoms with van der Waals surface area (Å²) in [4.78, 5) is 13.2. The van der Waals surface area contributed by atoms with Gasteiger partial charge in [0.15, 0.2) is 6.10 Å². The number of ether oxygens (including phenoxy) is 1. The lowest BCUT2D eigenvalue weighted by molar-refractivity contribution is -0.150. The van der Waals surface area contributed by atoms with Gasteiger partial charge in [-0.15, -0.1) is 0 Å². The molecule has 0 spiro atoms. The first-order valence-corrected chi connectivity index (χ1v) is 6.75. The average molecular weight is 265 g/mol. The van der Waals surface area contributed by atoms with Gasteiger partial charge in [-0.05, 0) is 32.4 Å². The topological polar surface area (TPSA) is 49.8 Å². The van der Waals surface area contributed by atoms with Crippen LogP contribution in [0.1, 0.15) is 25.8 Å². The van der Waals surface area contributed by atoms with Gasteiger partial charge in [0.25, 0.3) is 0 Å². The highest BCUT2D eigenvalue weighted by atomic mass is 16.5. The number of aryl methyl sites for hydroxylation is 1. The second kappa shape index (κ2) is 7.79. The number of carboxylic acids is 1. The van der Waals surface area contributed by atoms with E-state index in [1.165, 1.54) is 5.56 Å². The van der Waals surface area contributed by atoms with Gasteiger partial charge in [0.1, 0.15) is 0 Å². The molecule has 106 valence electrons. The lowest BCUT2D eigenvalue weighted by Crippen LogP contribution is -2.32. The molecule has 0 radical (unpaired) electrons. The van der Waals surface area contributed by atoms with Crippen LogP contribution in [0.15, 0.2) is 24.3 Å². The Balaban J connectivity index is 2.67. The summed E-state index contributed by atoms with van der Waals surface area (Å²) in [5.41, 5.74) is 2.36. The van der Waals surface area contributed by atoms with Crippen LogP contribution in [0.3, 0.4) is 0 Å². The molecular weight excluding hydrogens is 242 g/mol. The first-order chi connectivity index (χ1) is 9.10. The van der Waals surface area contributed by atoms with Crippen molar-refractivity contribution < 1.29 is 14.6 Å². The molecule has 0 fully saturated rings. The zero-order valence-electron chi connectivity index (χ0n) is 11.9. The number of carbonyl (C=O) groups is 1. The van der Waals surface area contributed by atoms with Gasteiger partial charge in [0, 0.05) is 31.8 Å². The van der Waals surface area contributed by atoms with Crippen molar-refractivity contribution in [2.75, 3.05) is 24.6 Å². The van der Waals surface area contributed by atoms with Crippen LogP contribution in [0, 0.1) is 6.92 Å². The van der Waals surface area contributed by atoms with Crippen molar-refractivity contribution in [3.63, 3.8) is 0 Å². The van der Waals surface area contributed by atoms with Gasteiger partial charge in [0.05, 0.1) is 0 Å². The zero-order valence-corrected chi connectivity index (χ0v) is 11.9. The van der Waals surface area contributed by atoms with E-state index in [0.29, 0.717) is 19.6 Å². The molecule has 0 aromatic heterocycles. The monoisotopic (exact) mass is 265 g/mol. The number of rotatable bonds is 8. The number of nitrogens with zero attached hydrogens (tertiary/aromatic N) is 1. The Morgan fingerprint density at radius 2 is 2.05 bits per heavy atom. The van der Waals surface area contributed by atoms with Crippen molar-refractivity contribution in [1.29, 1.82) is 0 Å². The largest absolute Gasteiger partial charge is 0.479 e. The van der Waals surface area contributed by atoms with Crippen LogP contribution in [0.25, 0.3) is 0 Å². The van der Waals surface area contributed by atoms with E-state index in [2.05, 4.69) is 30.9 Å². The lowest BCUT2D eigenvalue weighted by atomic mass is 10.1. The summed E-state index contributed by atoms with van der Waals surface area (Å²) in [5.74, 6) is -0.886. The van der Waals surface area contributed by atoms with E-state index in [1.54, 1.807) is 0 Å². The van der Waals surface area contributed by atoms with Crippen LogP contribution in [0.5, 0.6) is 0 Å². The smallest absolute Gasteiger partial charge is 0.332 e. The van der Waals surface area contributed by atoms with Crippen molar-refractivity contribution in [3.05, 3.63) is 29.8 Å². The van der Waals surface area contributed by atoms with Gasteiger partial charge in [-0.2, -0.15) is 0 Å².